The van der Waals surface area contributed by atoms with Crippen LogP contribution in [0.15, 0.2) is 61.1 Å². The zero-order valence-electron chi connectivity index (χ0n) is 16.0. The van der Waals surface area contributed by atoms with Gasteiger partial charge in [-0.3, -0.25) is 0 Å². The Hall–Kier alpha value is -3.12. The molecule has 0 fully saturated rings. The van der Waals surface area contributed by atoms with Crippen LogP contribution in [-0.2, 0) is 5.41 Å². The zero-order valence-corrected chi connectivity index (χ0v) is 17.2. The summed E-state index contributed by atoms with van der Waals surface area (Å²) in [6.45, 7) is 5.37. The van der Waals surface area contributed by atoms with Crippen molar-refractivity contribution >= 4 is 26.6 Å². The Morgan fingerprint density at radius 2 is 1.90 bits per heavy atom. The molecule has 0 saturated carbocycles. The van der Waals surface area contributed by atoms with Crippen molar-refractivity contribution in [2.24, 2.45) is 0 Å². The van der Waals surface area contributed by atoms with Gasteiger partial charge in [0, 0.05) is 7.05 Å². The molecule has 3 N–H and O–H groups in total. The number of alkyl halides is 1. The molecule has 0 aromatic carbocycles. The summed E-state index contributed by atoms with van der Waals surface area (Å²) in [5.74, 6) is 0.861. The smallest absolute Gasteiger partial charge is 0.162 e. The molecule has 6 nitrogen and oxygen atoms in total. The first-order valence-electron chi connectivity index (χ1n) is 8.68. The van der Waals surface area contributed by atoms with Crippen molar-refractivity contribution in [2.75, 3.05) is 23.0 Å². The Balaban J connectivity index is 1.88. The molecular weight excluding hydrogens is 393 g/mol. The highest BCUT2D eigenvalue weighted by Gasteiger charge is 2.21. The molecule has 3 aromatic rings. The number of pyridine rings is 3. The second-order valence-corrected chi connectivity index (χ2v) is 7.67. The summed E-state index contributed by atoms with van der Waals surface area (Å²) < 4.78 is 27.3. The van der Waals surface area contributed by atoms with Crippen LogP contribution >= 0.6 is 9.24 Å². The Labute approximate surface area is 170 Å². The minimum absolute atomic E-state index is 0.280. The SMILES string of the molecule is C=C(Nc1ccc(F)cn1)N(C)c1nc(-c2cccc(C(C)(F)P)n2)ccc1N. The highest BCUT2D eigenvalue weighted by molar-refractivity contribution is 7.18. The Morgan fingerprint density at radius 3 is 2.55 bits per heavy atom. The van der Waals surface area contributed by atoms with Crippen LogP contribution in [0.25, 0.3) is 11.4 Å². The molecule has 0 aliphatic carbocycles. The van der Waals surface area contributed by atoms with Crippen LogP contribution in [0.1, 0.15) is 12.6 Å². The molecule has 3 heterocycles. The van der Waals surface area contributed by atoms with Crippen LogP contribution in [0, 0.1) is 5.82 Å². The van der Waals surface area contributed by atoms with Gasteiger partial charge in [-0.2, -0.15) is 0 Å². The molecule has 0 aliphatic heterocycles. The van der Waals surface area contributed by atoms with E-state index >= 15 is 0 Å². The Kier molecular flexibility index (Phi) is 5.75. The summed E-state index contributed by atoms with van der Waals surface area (Å²) in [5, 5.41) is 1.32. The Bertz CT molecular complexity index is 1030. The van der Waals surface area contributed by atoms with Gasteiger partial charge in [-0.05, 0) is 43.3 Å². The van der Waals surface area contributed by atoms with E-state index in [9.17, 15) is 8.78 Å². The summed E-state index contributed by atoms with van der Waals surface area (Å²) in [6.07, 6.45) is 1.10. The second kappa shape index (κ2) is 8.09. The molecule has 2 atom stereocenters. The fraction of sp³-hybridized carbons (Fsp3) is 0.150. The lowest BCUT2D eigenvalue weighted by atomic mass is 10.2. The minimum atomic E-state index is -1.65. The third kappa shape index (κ3) is 4.84. The number of nitrogen functional groups attached to an aromatic ring is 1. The fourth-order valence-electron chi connectivity index (χ4n) is 2.53. The molecule has 29 heavy (non-hydrogen) atoms. The number of halogens is 2. The van der Waals surface area contributed by atoms with Crippen LogP contribution in [-0.4, -0.2) is 22.0 Å². The molecular formula is C20H21F2N6P. The van der Waals surface area contributed by atoms with Gasteiger partial charge in [-0.15, -0.1) is 0 Å². The van der Waals surface area contributed by atoms with Gasteiger partial charge in [0.2, 0.25) is 0 Å². The largest absolute Gasteiger partial charge is 0.396 e. The van der Waals surface area contributed by atoms with Gasteiger partial charge in [0.25, 0.3) is 0 Å². The van der Waals surface area contributed by atoms with E-state index in [2.05, 4.69) is 36.1 Å². The van der Waals surface area contributed by atoms with Crippen LogP contribution in [0.3, 0.4) is 0 Å². The van der Waals surface area contributed by atoms with Gasteiger partial charge in [-0.25, -0.2) is 23.7 Å². The normalized spacial score (nSPS) is 12.9. The average Bonchev–Trinajstić information content (AvgIpc) is 2.69. The number of hydrogen-bond donors (Lipinski definition) is 2. The van der Waals surface area contributed by atoms with E-state index in [1.807, 2.05) is 0 Å². The summed E-state index contributed by atoms with van der Waals surface area (Å²) in [4.78, 5) is 14.5. The topological polar surface area (TPSA) is 80.0 Å². The summed E-state index contributed by atoms with van der Waals surface area (Å²) in [7, 11) is 3.86. The average molecular weight is 414 g/mol. The van der Waals surface area contributed by atoms with Crippen LogP contribution < -0.4 is 16.0 Å². The van der Waals surface area contributed by atoms with Crippen molar-refractivity contribution < 1.29 is 8.78 Å². The van der Waals surface area contributed by atoms with E-state index in [1.165, 1.54) is 19.1 Å². The van der Waals surface area contributed by atoms with Crippen LogP contribution in [0.5, 0.6) is 0 Å². The van der Waals surface area contributed by atoms with Crippen molar-refractivity contribution in [3.05, 3.63) is 72.6 Å². The molecule has 0 aliphatic rings. The first kappa shape index (κ1) is 20.6. The highest BCUT2D eigenvalue weighted by Crippen LogP contribution is 2.33. The molecule has 3 rings (SSSR count). The number of nitrogens with one attached hydrogen (secondary N) is 1. The number of anilines is 3. The molecule has 0 saturated heterocycles. The van der Waals surface area contributed by atoms with Gasteiger partial charge >= 0.3 is 0 Å². The monoisotopic (exact) mass is 414 g/mol. The first-order chi connectivity index (χ1) is 13.6. The van der Waals surface area contributed by atoms with E-state index in [0.717, 1.165) is 6.20 Å². The van der Waals surface area contributed by atoms with Crippen molar-refractivity contribution in [1.82, 2.24) is 15.0 Å². The predicted molar refractivity (Wildman–Crippen MR) is 115 cm³/mol. The van der Waals surface area contributed by atoms with Crippen LogP contribution in [0.4, 0.5) is 26.1 Å². The molecule has 150 valence electrons. The molecule has 2 unspecified atom stereocenters. The lowest BCUT2D eigenvalue weighted by Crippen LogP contribution is -2.24. The lowest BCUT2D eigenvalue weighted by molar-refractivity contribution is 0.316. The van der Waals surface area contributed by atoms with Gasteiger partial charge in [-0.1, -0.05) is 21.9 Å². The lowest BCUT2D eigenvalue weighted by Gasteiger charge is -2.23. The molecule has 0 bridgehead atoms. The maximum atomic E-state index is 14.2. The summed E-state index contributed by atoms with van der Waals surface area (Å²) in [5.41, 5.74) is 7.84. The molecule has 0 spiro atoms. The molecule has 0 amide bonds. The fourth-order valence-corrected chi connectivity index (χ4v) is 2.69. The maximum absolute atomic E-state index is 14.2. The second-order valence-electron chi connectivity index (χ2n) is 6.59. The van der Waals surface area contributed by atoms with Crippen molar-refractivity contribution in [2.45, 2.75) is 12.3 Å². The standard InChI is InChI=1S/C20H21F2N6P/c1-12(25-18-10-7-13(21)11-24-18)28(3)19-14(23)8-9-16(27-19)15-5-4-6-17(26-15)20(2,22)29/h4-11H,1,23,29H2,2-3H3,(H,24,25). The van der Waals surface area contributed by atoms with Gasteiger partial charge in [0.1, 0.15) is 17.5 Å². The molecule has 9 heteroatoms. The van der Waals surface area contributed by atoms with E-state index in [1.54, 1.807) is 42.3 Å². The maximum Gasteiger partial charge on any atom is 0.162 e. The van der Waals surface area contributed by atoms with E-state index < -0.39 is 11.2 Å². The first-order valence-corrected chi connectivity index (χ1v) is 9.26. The van der Waals surface area contributed by atoms with Gasteiger partial charge in [0.15, 0.2) is 11.2 Å². The Morgan fingerprint density at radius 1 is 1.17 bits per heavy atom. The number of rotatable bonds is 6. The predicted octanol–water partition coefficient (Wildman–Crippen LogP) is 4.30. The molecule has 3 aromatic heterocycles. The minimum Gasteiger partial charge on any atom is -0.396 e. The van der Waals surface area contributed by atoms with E-state index in [4.69, 9.17) is 5.73 Å². The van der Waals surface area contributed by atoms with Crippen molar-refractivity contribution in [3.8, 4) is 11.4 Å². The molecule has 0 radical (unpaired) electrons. The quantitative estimate of drug-likeness (QED) is 0.586. The number of hydrogen-bond acceptors (Lipinski definition) is 6. The van der Waals surface area contributed by atoms with E-state index in [0.29, 0.717) is 34.5 Å². The van der Waals surface area contributed by atoms with Crippen LogP contribution in [0.2, 0.25) is 0 Å². The zero-order chi connectivity index (χ0) is 21.2. The van der Waals surface area contributed by atoms with Gasteiger partial charge in [0.05, 0.1) is 29.0 Å². The highest BCUT2D eigenvalue weighted by atomic mass is 31.0. The summed E-state index contributed by atoms with van der Waals surface area (Å²) in [6, 6.07) is 11.3. The van der Waals surface area contributed by atoms with Gasteiger partial charge < -0.3 is 16.0 Å². The van der Waals surface area contributed by atoms with Crippen molar-refractivity contribution in [1.29, 1.82) is 0 Å². The number of nitrogens with zero attached hydrogens (tertiary/aromatic N) is 4. The number of aromatic nitrogens is 3. The van der Waals surface area contributed by atoms with E-state index in [-0.39, 0.29) is 5.69 Å². The summed E-state index contributed by atoms with van der Waals surface area (Å²) >= 11 is 0. The third-order valence-corrected chi connectivity index (χ3v) is 4.44. The number of nitrogens with two attached hydrogens (primary N) is 1. The van der Waals surface area contributed by atoms with Crippen molar-refractivity contribution in [3.63, 3.8) is 0 Å². The third-order valence-electron chi connectivity index (χ3n) is 4.14.